The van der Waals surface area contributed by atoms with Crippen LogP contribution in [0.1, 0.15) is 20.8 Å². The van der Waals surface area contributed by atoms with Gasteiger partial charge in [0.05, 0.1) is 30.3 Å². The Morgan fingerprint density at radius 2 is 1.61 bits per heavy atom. The summed E-state index contributed by atoms with van der Waals surface area (Å²) < 4.78 is -0.185. The van der Waals surface area contributed by atoms with Crippen LogP contribution in [0.5, 0.6) is 0 Å². The smallest absolute Gasteiger partial charge is 0.114 e. The summed E-state index contributed by atoms with van der Waals surface area (Å²) in [6.07, 6.45) is 0. The zero-order chi connectivity index (χ0) is 14.0. The minimum atomic E-state index is -0.185. The number of benzene rings is 1. The van der Waals surface area contributed by atoms with E-state index in [4.69, 9.17) is 11.6 Å². The van der Waals surface area contributed by atoms with E-state index in [1.54, 1.807) is 4.90 Å². The van der Waals surface area contributed by atoms with Crippen LogP contribution in [-0.4, -0.2) is 24.3 Å². The van der Waals surface area contributed by atoms with Crippen molar-refractivity contribution in [3.8, 4) is 0 Å². The third-order valence-electron chi connectivity index (χ3n) is 2.66. The average molecular weight is 308 g/mol. The molecule has 1 aromatic carbocycles. The SMILES string of the molecule is CC[NH+](CC)CC.SC(S)Nc1ccccc1Cl. The lowest BCUT2D eigenvalue weighted by Gasteiger charge is -2.10. The number of para-hydroxylation sites is 1. The van der Waals surface area contributed by atoms with Crippen molar-refractivity contribution >= 4 is 42.5 Å². The van der Waals surface area contributed by atoms with Crippen molar-refractivity contribution in [2.45, 2.75) is 25.5 Å². The highest BCUT2D eigenvalue weighted by Crippen LogP contribution is 2.22. The molecule has 0 saturated heterocycles. The maximum absolute atomic E-state index is 5.84. The van der Waals surface area contributed by atoms with Crippen LogP contribution in [-0.2, 0) is 0 Å². The van der Waals surface area contributed by atoms with Crippen LogP contribution in [0, 0.1) is 0 Å². The van der Waals surface area contributed by atoms with Gasteiger partial charge in [-0.05, 0) is 32.9 Å². The third-order valence-corrected chi connectivity index (χ3v) is 3.25. The van der Waals surface area contributed by atoms with Crippen LogP contribution in [0.2, 0.25) is 5.02 Å². The highest BCUT2D eigenvalue weighted by atomic mass is 35.5. The van der Waals surface area contributed by atoms with Crippen LogP contribution in [0.15, 0.2) is 24.3 Å². The molecule has 0 aromatic heterocycles. The van der Waals surface area contributed by atoms with E-state index in [9.17, 15) is 0 Å². The maximum atomic E-state index is 5.84. The summed E-state index contributed by atoms with van der Waals surface area (Å²) in [7, 11) is 0. The third kappa shape index (κ3) is 8.14. The Bertz CT molecular complexity index is 312. The van der Waals surface area contributed by atoms with Crippen molar-refractivity contribution in [1.82, 2.24) is 0 Å². The van der Waals surface area contributed by atoms with Gasteiger partial charge in [0.25, 0.3) is 0 Å². The van der Waals surface area contributed by atoms with Crippen molar-refractivity contribution in [2.75, 3.05) is 25.0 Å². The second-order valence-corrected chi connectivity index (χ2v) is 5.66. The standard InChI is InChI=1S/C7H8ClNS2.C6H15N/c8-5-3-1-2-4-6(5)9-7(10)11;1-4-7(5-2)6-3/h1-4,7,9-11H;4-6H2,1-3H3/p+1. The fraction of sp³-hybridized carbons (Fsp3) is 0.538. The van der Waals surface area contributed by atoms with Gasteiger partial charge >= 0.3 is 0 Å². The van der Waals surface area contributed by atoms with Crippen LogP contribution >= 0.6 is 36.9 Å². The van der Waals surface area contributed by atoms with Gasteiger partial charge in [-0.15, -0.1) is 25.3 Å². The van der Waals surface area contributed by atoms with E-state index in [-0.39, 0.29) is 4.71 Å². The van der Waals surface area contributed by atoms with Crippen molar-refractivity contribution in [3.05, 3.63) is 29.3 Å². The fourth-order valence-electron chi connectivity index (χ4n) is 1.47. The summed E-state index contributed by atoms with van der Waals surface area (Å²) in [6.45, 7) is 10.5. The lowest BCUT2D eigenvalue weighted by molar-refractivity contribution is -0.894. The van der Waals surface area contributed by atoms with Gasteiger partial charge in [-0.2, -0.15) is 0 Å². The van der Waals surface area contributed by atoms with Crippen molar-refractivity contribution in [3.63, 3.8) is 0 Å². The van der Waals surface area contributed by atoms with E-state index >= 15 is 0 Å². The molecule has 0 saturated carbocycles. The first-order valence-corrected chi connectivity index (χ1v) is 7.66. The highest BCUT2D eigenvalue weighted by Gasteiger charge is 1.99. The molecule has 0 radical (unpaired) electrons. The first-order valence-electron chi connectivity index (χ1n) is 6.25. The van der Waals surface area contributed by atoms with Gasteiger partial charge in [0.15, 0.2) is 0 Å². The number of nitrogens with one attached hydrogen (secondary N) is 2. The summed E-state index contributed by atoms with van der Waals surface area (Å²) in [4.78, 5) is 1.68. The van der Waals surface area contributed by atoms with Gasteiger partial charge in [-0.3, -0.25) is 0 Å². The minimum Gasteiger partial charge on any atom is -0.364 e. The molecule has 0 atom stereocenters. The Balaban J connectivity index is 0.000000360. The molecule has 0 bridgehead atoms. The highest BCUT2D eigenvalue weighted by molar-refractivity contribution is 7.99. The van der Waals surface area contributed by atoms with Crippen molar-refractivity contribution < 1.29 is 4.90 Å². The molecule has 2 nitrogen and oxygen atoms in total. The molecule has 0 spiro atoms. The van der Waals surface area contributed by atoms with E-state index < -0.39 is 0 Å². The van der Waals surface area contributed by atoms with Crippen molar-refractivity contribution in [1.29, 1.82) is 0 Å². The second-order valence-electron chi connectivity index (χ2n) is 3.81. The van der Waals surface area contributed by atoms with Crippen molar-refractivity contribution in [2.24, 2.45) is 0 Å². The molecular weight excluding hydrogens is 284 g/mol. The van der Waals surface area contributed by atoms with E-state index in [0.29, 0.717) is 5.02 Å². The van der Waals surface area contributed by atoms with Crippen LogP contribution in [0.3, 0.4) is 0 Å². The zero-order valence-corrected chi connectivity index (χ0v) is 13.8. The average Bonchev–Trinajstić information content (AvgIpc) is 2.35. The van der Waals surface area contributed by atoms with Gasteiger partial charge < -0.3 is 10.2 Å². The monoisotopic (exact) mass is 307 g/mol. The predicted molar refractivity (Wildman–Crippen MR) is 89.4 cm³/mol. The number of rotatable bonds is 5. The largest absolute Gasteiger partial charge is 0.364 e. The Morgan fingerprint density at radius 3 is 1.94 bits per heavy atom. The van der Waals surface area contributed by atoms with Gasteiger partial charge in [0.1, 0.15) is 4.71 Å². The van der Waals surface area contributed by atoms with E-state index in [1.807, 2.05) is 24.3 Å². The summed E-state index contributed by atoms with van der Waals surface area (Å²) in [6, 6.07) is 7.47. The minimum absolute atomic E-state index is 0.185. The number of quaternary nitrogens is 1. The van der Waals surface area contributed by atoms with Gasteiger partial charge in [-0.25, -0.2) is 0 Å². The molecule has 1 rings (SSSR count). The normalized spacial score (nSPS) is 10.2. The summed E-state index contributed by atoms with van der Waals surface area (Å²) in [5.41, 5.74) is 0.851. The fourth-order valence-corrected chi connectivity index (χ4v) is 1.94. The number of hydrogen-bond acceptors (Lipinski definition) is 3. The van der Waals surface area contributed by atoms with Crippen LogP contribution < -0.4 is 10.2 Å². The lowest BCUT2D eigenvalue weighted by Crippen LogP contribution is -3.11. The lowest BCUT2D eigenvalue weighted by atomic mass is 10.3. The second kappa shape index (κ2) is 10.9. The van der Waals surface area contributed by atoms with Crippen LogP contribution in [0.25, 0.3) is 0 Å². The van der Waals surface area contributed by atoms with Gasteiger partial charge in [-0.1, -0.05) is 23.7 Å². The predicted octanol–water partition coefficient (Wildman–Crippen LogP) is 2.83. The molecule has 1 aromatic rings. The molecule has 104 valence electrons. The van der Waals surface area contributed by atoms with Gasteiger partial charge in [0, 0.05) is 0 Å². The Labute approximate surface area is 127 Å². The van der Waals surface area contributed by atoms with E-state index in [1.165, 1.54) is 19.6 Å². The molecule has 2 N–H and O–H groups in total. The summed E-state index contributed by atoms with van der Waals surface area (Å²) in [5.74, 6) is 0. The molecule has 0 unspecified atom stereocenters. The molecule has 0 amide bonds. The molecule has 0 aliphatic carbocycles. The molecule has 0 fully saturated rings. The number of halogens is 1. The maximum Gasteiger partial charge on any atom is 0.114 e. The quantitative estimate of drug-likeness (QED) is 0.486. The molecule has 5 heteroatoms. The van der Waals surface area contributed by atoms with Gasteiger partial charge in [0.2, 0.25) is 0 Å². The zero-order valence-electron chi connectivity index (χ0n) is 11.3. The number of hydrogen-bond donors (Lipinski definition) is 4. The Kier molecular flexibility index (Phi) is 10.8. The first-order chi connectivity index (χ1) is 8.54. The van der Waals surface area contributed by atoms with E-state index in [2.05, 4.69) is 51.3 Å². The first kappa shape index (κ1) is 18.0. The summed E-state index contributed by atoms with van der Waals surface area (Å²) in [5, 5.41) is 3.65. The number of thiol groups is 2. The topological polar surface area (TPSA) is 16.5 Å². The summed E-state index contributed by atoms with van der Waals surface area (Å²) >= 11 is 13.9. The number of anilines is 1. The molecule has 0 heterocycles. The molecular formula is C13H24ClN2S2+. The Morgan fingerprint density at radius 1 is 1.11 bits per heavy atom. The van der Waals surface area contributed by atoms with Crippen LogP contribution in [0.4, 0.5) is 5.69 Å². The molecule has 0 aliphatic rings. The Hall–Kier alpha value is -0.0300. The molecule has 0 aliphatic heterocycles. The van der Waals surface area contributed by atoms with E-state index in [0.717, 1.165) is 5.69 Å². The molecule has 18 heavy (non-hydrogen) atoms.